The summed E-state index contributed by atoms with van der Waals surface area (Å²) in [7, 11) is 0. The minimum absolute atomic E-state index is 0.386. The van der Waals surface area contributed by atoms with Crippen molar-refractivity contribution in [3.05, 3.63) is 47.5 Å². The van der Waals surface area contributed by atoms with Crippen LogP contribution in [0.1, 0.15) is 12.1 Å². The lowest BCUT2D eigenvalue weighted by Crippen LogP contribution is -2.29. The Balaban J connectivity index is 1.83. The number of rotatable bonds is 6. The SMILES string of the molecule is NC(=O)NOCCCc1cn(-c2ccc(Cl)cc2)cn1. The van der Waals surface area contributed by atoms with Crippen LogP contribution in [0.3, 0.4) is 0 Å². The van der Waals surface area contributed by atoms with E-state index in [-0.39, 0.29) is 0 Å². The highest BCUT2D eigenvalue weighted by atomic mass is 35.5. The first-order valence-electron chi connectivity index (χ1n) is 6.11. The molecule has 0 aliphatic heterocycles. The first kappa shape index (κ1) is 14.4. The van der Waals surface area contributed by atoms with Crippen LogP contribution in [0.25, 0.3) is 5.69 Å². The average molecular weight is 295 g/mol. The van der Waals surface area contributed by atoms with Gasteiger partial charge in [0.05, 0.1) is 18.6 Å². The maximum Gasteiger partial charge on any atom is 0.336 e. The van der Waals surface area contributed by atoms with Gasteiger partial charge in [0.25, 0.3) is 0 Å². The second-order valence-corrected chi connectivity index (χ2v) is 4.60. The Morgan fingerprint density at radius 1 is 1.40 bits per heavy atom. The fraction of sp³-hybridized carbons (Fsp3) is 0.231. The Morgan fingerprint density at radius 2 is 2.15 bits per heavy atom. The molecule has 0 bridgehead atoms. The van der Waals surface area contributed by atoms with Crippen LogP contribution < -0.4 is 11.2 Å². The van der Waals surface area contributed by atoms with E-state index in [4.69, 9.17) is 22.2 Å². The summed E-state index contributed by atoms with van der Waals surface area (Å²) in [5.74, 6) is 0. The molecule has 0 radical (unpaired) electrons. The van der Waals surface area contributed by atoms with E-state index in [1.807, 2.05) is 35.0 Å². The molecular weight excluding hydrogens is 280 g/mol. The predicted octanol–water partition coefficient (Wildman–Crippen LogP) is 2.06. The molecular formula is C13H15ClN4O2. The molecule has 20 heavy (non-hydrogen) atoms. The van der Waals surface area contributed by atoms with Crippen LogP contribution in [0.15, 0.2) is 36.8 Å². The fourth-order valence-corrected chi connectivity index (χ4v) is 1.82. The van der Waals surface area contributed by atoms with Gasteiger partial charge in [0.1, 0.15) is 0 Å². The lowest BCUT2D eigenvalue weighted by atomic mass is 10.2. The third-order valence-corrected chi connectivity index (χ3v) is 2.86. The Hall–Kier alpha value is -2.05. The number of primary amides is 1. The number of nitrogens with two attached hydrogens (primary N) is 1. The number of halogens is 1. The average Bonchev–Trinajstić information content (AvgIpc) is 2.87. The predicted molar refractivity (Wildman–Crippen MR) is 75.6 cm³/mol. The first-order chi connectivity index (χ1) is 9.65. The monoisotopic (exact) mass is 294 g/mol. The van der Waals surface area contributed by atoms with Crippen molar-refractivity contribution < 1.29 is 9.63 Å². The van der Waals surface area contributed by atoms with Crippen molar-refractivity contribution in [3.63, 3.8) is 0 Å². The molecule has 0 atom stereocenters. The molecule has 0 saturated carbocycles. The number of aromatic nitrogens is 2. The van der Waals surface area contributed by atoms with Crippen LogP contribution >= 0.6 is 11.6 Å². The fourth-order valence-electron chi connectivity index (χ4n) is 1.69. The van der Waals surface area contributed by atoms with Gasteiger partial charge in [-0.2, -0.15) is 0 Å². The molecule has 2 rings (SSSR count). The van der Waals surface area contributed by atoms with Crippen molar-refractivity contribution in [2.24, 2.45) is 5.73 Å². The van der Waals surface area contributed by atoms with Gasteiger partial charge in [-0.25, -0.2) is 15.3 Å². The second-order valence-electron chi connectivity index (χ2n) is 4.17. The molecule has 0 aliphatic rings. The van der Waals surface area contributed by atoms with Crippen molar-refractivity contribution in [2.45, 2.75) is 12.8 Å². The highest BCUT2D eigenvalue weighted by Crippen LogP contribution is 2.14. The van der Waals surface area contributed by atoms with Gasteiger partial charge in [-0.1, -0.05) is 11.6 Å². The molecule has 1 aromatic carbocycles. The van der Waals surface area contributed by atoms with E-state index >= 15 is 0 Å². The number of urea groups is 1. The van der Waals surface area contributed by atoms with Crippen molar-refractivity contribution in [1.82, 2.24) is 15.0 Å². The van der Waals surface area contributed by atoms with Crippen molar-refractivity contribution in [1.29, 1.82) is 0 Å². The van der Waals surface area contributed by atoms with Crippen LogP contribution in [0.4, 0.5) is 4.79 Å². The van der Waals surface area contributed by atoms with Gasteiger partial charge >= 0.3 is 6.03 Å². The van der Waals surface area contributed by atoms with E-state index in [1.165, 1.54) is 0 Å². The molecule has 106 valence electrons. The van der Waals surface area contributed by atoms with E-state index in [2.05, 4.69) is 10.5 Å². The number of benzene rings is 1. The third-order valence-electron chi connectivity index (χ3n) is 2.61. The van der Waals surface area contributed by atoms with E-state index < -0.39 is 6.03 Å². The highest BCUT2D eigenvalue weighted by Gasteiger charge is 2.01. The Bertz CT molecular complexity index is 568. The van der Waals surface area contributed by atoms with Gasteiger partial charge < -0.3 is 10.3 Å². The summed E-state index contributed by atoms with van der Waals surface area (Å²) in [4.78, 5) is 19.5. The van der Waals surface area contributed by atoms with Gasteiger partial charge in [-0.05, 0) is 37.1 Å². The number of amides is 2. The van der Waals surface area contributed by atoms with Gasteiger partial charge in [0.15, 0.2) is 0 Å². The molecule has 0 fully saturated rings. The van der Waals surface area contributed by atoms with E-state index in [0.717, 1.165) is 24.2 Å². The zero-order chi connectivity index (χ0) is 14.4. The summed E-state index contributed by atoms with van der Waals surface area (Å²) in [6.07, 6.45) is 5.19. The molecule has 0 unspecified atom stereocenters. The largest absolute Gasteiger partial charge is 0.350 e. The van der Waals surface area contributed by atoms with Crippen molar-refractivity contribution in [3.8, 4) is 5.69 Å². The van der Waals surface area contributed by atoms with Crippen molar-refractivity contribution >= 4 is 17.6 Å². The van der Waals surface area contributed by atoms with E-state index in [9.17, 15) is 4.79 Å². The second kappa shape index (κ2) is 6.93. The smallest absolute Gasteiger partial charge is 0.336 e. The minimum atomic E-state index is -0.697. The molecule has 1 aromatic heterocycles. The van der Waals surface area contributed by atoms with Gasteiger partial charge in [-0.15, -0.1) is 0 Å². The molecule has 7 heteroatoms. The topological polar surface area (TPSA) is 82.2 Å². The molecule has 1 heterocycles. The van der Waals surface area contributed by atoms with Crippen LogP contribution in [-0.4, -0.2) is 22.2 Å². The number of carbonyl (C=O) groups is 1. The number of nitrogens with zero attached hydrogens (tertiary/aromatic N) is 2. The zero-order valence-corrected chi connectivity index (χ0v) is 11.5. The molecule has 0 spiro atoms. The van der Waals surface area contributed by atoms with E-state index in [0.29, 0.717) is 11.6 Å². The Morgan fingerprint density at radius 3 is 2.85 bits per heavy atom. The summed E-state index contributed by atoms with van der Waals surface area (Å²) >= 11 is 5.85. The number of imidazole rings is 1. The standard InChI is InChI=1S/C13H15ClN4O2/c14-10-3-5-12(6-4-10)18-8-11(16-9-18)2-1-7-20-17-13(15)19/h3-6,8-9H,1-2,7H2,(H3,15,17,19). The maximum absolute atomic E-state index is 10.4. The summed E-state index contributed by atoms with van der Waals surface area (Å²) in [6, 6.07) is 6.82. The molecule has 6 nitrogen and oxygen atoms in total. The van der Waals surface area contributed by atoms with Gasteiger partial charge in [0, 0.05) is 16.9 Å². The van der Waals surface area contributed by atoms with Gasteiger partial charge in [0.2, 0.25) is 0 Å². The normalized spacial score (nSPS) is 10.4. The molecule has 3 N–H and O–H groups in total. The Labute approximate surface area is 121 Å². The number of hydrogen-bond donors (Lipinski definition) is 2. The molecule has 0 aliphatic carbocycles. The van der Waals surface area contributed by atoms with Gasteiger partial charge in [-0.3, -0.25) is 4.84 Å². The third kappa shape index (κ3) is 4.25. The van der Waals surface area contributed by atoms with Crippen LogP contribution in [0, 0.1) is 0 Å². The number of hydrogen-bond acceptors (Lipinski definition) is 3. The maximum atomic E-state index is 10.4. The van der Waals surface area contributed by atoms with Crippen LogP contribution in [-0.2, 0) is 11.3 Å². The first-order valence-corrected chi connectivity index (χ1v) is 6.49. The Kier molecular flexibility index (Phi) is 4.97. The summed E-state index contributed by atoms with van der Waals surface area (Å²) < 4.78 is 1.92. The molecule has 2 aromatic rings. The summed E-state index contributed by atoms with van der Waals surface area (Å²) in [5.41, 5.74) is 8.88. The number of hydroxylamine groups is 1. The number of aryl methyl sites for hydroxylation is 1. The lowest BCUT2D eigenvalue weighted by molar-refractivity contribution is 0.0628. The number of nitrogens with one attached hydrogen (secondary N) is 1. The van der Waals surface area contributed by atoms with Crippen LogP contribution in [0.2, 0.25) is 5.02 Å². The lowest BCUT2D eigenvalue weighted by Gasteiger charge is -2.02. The van der Waals surface area contributed by atoms with Crippen LogP contribution in [0.5, 0.6) is 0 Å². The highest BCUT2D eigenvalue weighted by molar-refractivity contribution is 6.30. The van der Waals surface area contributed by atoms with Crippen molar-refractivity contribution in [2.75, 3.05) is 6.61 Å². The quantitative estimate of drug-likeness (QED) is 0.632. The minimum Gasteiger partial charge on any atom is -0.350 e. The molecule has 0 saturated heterocycles. The summed E-state index contributed by atoms with van der Waals surface area (Å²) in [6.45, 7) is 0.386. The number of carbonyl (C=O) groups excluding carboxylic acids is 1. The molecule has 2 amide bonds. The summed E-state index contributed by atoms with van der Waals surface area (Å²) in [5, 5.41) is 0.702. The zero-order valence-electron chi connectivity index (χ0n) is 10.8. The van der Waals surface area contributed by atoms with E-state index in [1.54, 1.807) is 6.33 Å².